The molecule has 0 saturated heterocycles. The van der Waals surface area contributed by atoms with E-state index in [9.17, 15) is 14.0 Å². The number of methoxy groups -OCH3 is 1. The largest absolute Gasteiger partial charge is 0.497 e. The fourth-order valence-electron chi connectivity index (χ4n) is 2.36. The average Bonchev–Trinajstić information content (AvgIpc) is 2.63. The number of ether oxygens (including phenoxy) is 3. The summed E-state index contributed by atoms with van der Waals surface area (Å²) in [5.41, 5.74) is 0.268. The van der Waals surface area contributed by atoms with Crippen molar-refractivity contribution in [3.8, 4) is 11.5 Å². The third-order valence-corrected chi connectivity index (χ3v) is 3.58. The van der Waals surface area contributed by atoms with E-state index < -0.39 is 17.4 Å². The van der Waals surface area contributed by atoms with Crippen LogP contribution in [0.25, 0.3) is 11.0 Å². The first-order chi connectivity index (χ1) is 12.5. The van der Waals surface area contributed by atoms with Gasteiger partial charge in [-0.15, -0.1) is 0 Å². The third kappa shape index (κ3) is 4.18. The van der Waals surface area contributed by atoms with Gasteiger partial charge in [-0.25, -0.2) is 14.0 Å². The van der Waals surface area contributed by atoms with Gasteiger partial charge in [-0.2, -0.15) is 0 Å². The molecule has 3 aromatic rings. The van der Waals surface area contributed by atoms with Gasteiger partial charge in [0.2, 0.25) is 0 Å². The third-order valence-electron chi connectivity index (χ3n) is 3.58. The lowest BCUT2D eigenvalue weighted by Crippen LogP contribution is -2.15. The maximum absolute atomic E-state index is 13.1. The number of halogens is 1. The Hall–Kier alpha value is -3.35. The topological polar surface area (TPSA) is 75.0 Å². The monoisotopic (exact) mass is 358 g/mol. The summed E-state index contributed by atoms with van der Waals surface area (Å²) in [5, 5.41) is 0.629. The Balaban J connectivity index is 1.67. The van der Waals surface area contributed by atoms with E-state index in [0.29, 0.717) is 22.3 Å². The zero-order chi connectivity index (χ0) is 18.5. The van der Waals surface area contributed by atoms with Crippen molar-refractivity contribution in [3.63, 3.8) is 0 Å². The molecular weight excluding hydrogens is 343 g/mol. The van der Waals surface area contributed by atoms with E-state index in [4.69, 9.17) is 18.6 Å². The Labute approximate surface area is 147 Å². The van der Waals surface area contributed by atoms with E-state index in [1.165, 1.54) is 31.4 Å². The van der Waals surface area contributed by atoms with E-state index >= 15 is 0 Å². The molecule has 0 fully saturated rings. The zero-order valence-corrected chi connectivity index (χ0v) is 13.9. The van der Waals surface area contributed by atoms with Gasteiger partial charge in [0.05, 0.1) is 7.11 Å². The summed E-state index contributed by atoms with van der Waals surface area (Å²) in [7, 11) is 1.50. The van der Waals surface area contributed by atoms with Crippen LogP contribution in [-0.4, -0.2) is 19.7 Å². The number of hydrogen-bond acceptors (Lipinski definition) is 6. The average molecular weight is 358 g/mol. The van der Waals surface area contributed by atoms with Gasteiger partial charge in [0.25, 0.3) is 0 Å². The number of rotatable bonds is 6. The summed E-state index contributed by atoms with van der Waals surface area (Å²) < 4.78 is 33.6. The fourth-order valence-corrected chi connectivity index (χ4v) is 2.36. The summed E-state index contributed by atoms with van der Waals surface area (Å²) >= 11 is 0. The minimum atomic E-state index is -0.649. The summed E-state index contributed by atoms with van der Waals surface area (Å²) in [6.45, 7) is -0.504. The summed E-state index contributed by atoms with van der Waals surface area (Å²) in [6, 6.07) is 11.7. The molecule has 2 aromatic carbocycles. The van der Waals surface area contributed by atoms with Crippen LogP contribution in [0.4, 0.5) is 4.39 Å². The van der Waals surface area contributed by atoms with Gasteiger partial charge in [0, 0.05) is 29.1 Å². The second kappa shape index (κ2) is 7.69. The molecule has 0 N–H and O–H groups in total. The minimum Gasteiger partial charge on any atom is -0.497 e. The lowest BCUT2D eigenvalue weighted by atomic mass is 10.1. The van der Waals surface area contributed by atoms with E-state index in [1.54, 1.807) is 18.2 Å². The molecule has 0 aliphatic carbocycles. The van der Waals surface area contributed by atoms with Crippen molar-refractivity contribution in [2.75, 3.05) is 13.7 Å². The Morgan fingerprint density at radius 1 is 1.12 bits per heavy atom. The van der Waals surface area contributed by atoms with E-state index in [0.717, 1.165) is 6.07 Å². The van der Waals surface area contributed by atoms with Crippen molar-refractivity contribution in [1.29, 1.82) is 0 Å². The van der Waals surface area contributed by atoms with Crippen LogP contribution in [0.3, 0.4) is 0 Å². The molecule has 0 atom stereocenters. The van der Waals surface area contributed by atoms with Gasteiger partial charge in [0.15, 0.2) is 6.61 Å². The molecule has 0 aliphatic heterocycles. The Bertz CT molecular complexity index is 995. The Morgan fingerprint density at radius 3 is 2.73 bits per heavy atom. The van der Waals surface area contributed by atoms with Crippen LogP contribution in [0.5, 0.6) is 11.5 Å². The predicted molar refractivity (Wildman–Crippen MR) is 90.7 cm³/mol. The molecule has 6 nitrogen and oxygen atoms in total. The molecule has 1 heterocycles. The number of carbonyl (C=O) groups excluding carboxylic acids is 1. The zero-order valence-electron chi connectivity index (χ0n) is 13.9. The van der Waals surface area contributed by atoms with E-state index in [-0.39, 0.29) is 19.0 Å². The number of benzene rings is 2. The molecule has 0 radical (unpaired) electrons. The molecule has 26 heavy (non-hydrogen) atoms. The second-order valence-electron chi connectivity index (χ2n) is 5.36. The minimum absolute atomic E-state index is 0.125. The molecule has 0 unspecified atom stereocenters. The van der Waals surface area contributed by atoms with E-state index in [2.05, 4.69) is 0 Å². The predicted octanol–water partition coefficient (Wildman–Crippen LogP) is 3.06. The molecule has 1 aromatic heterocycles. The lowest BCUT2D eigenvalue weighted by Gasteiger charge is -2.09. The molecule has 0 saturated carbocycles. The molecule has 0 bridgehead atoms. The van der Waals surface area contributed by atoms with Crippen LogP contribution >= 0.6 is 0 Å². The molecule has 7 heteroatoms. The maximum Gasteiger partial charge on any atom is 0.344 e. The standard InChI is InChI=1S/C19H15FO6/c1-23-14-5-6-16-12(7-18(21)26-17(16)9-14)10-25-19(22)11-24-15-4-2-3-13(20)8-15/h2-9H,10-11H2,1H3. The quantitative estimate of drug-likeness (QED) is 0.498. The number of carbonyl (C=O) groups is 1. The SMILES string of the molecule is COc1ccc2c(COC(=O)COc3cccc(F)c3)cc(=O)oc2c1. The lowest BCUT2D eigenvalue weighted by molar-refractivity contribution is -0.147. The van der Waals surface area contributed by atoms with Gasteiger partial charge >= 0.3 is 11.6 Å². The van der Waals surface area contributed by atoms with Crippen LogP contribution < -0.4 is 15.1 Å². The molecular formula is C19H15FO6. The second-order valence-corrected chi connectivity index (χ2v) is 5.36. The molecule has 3 rings (SSSR count). The van der Waals surface area contributed by atoms with Crippen molar-refractivity contribution in [2.24, 2.45) is 0 Å². The summed E-state index contributed by atoms with van der Waals surface area (Å²) in [5.74, 6) is -0.351. The Kier molecular flexibility index (Phi) is 5.17. The van der Waals surface area contributed by atoms with Crippen molar-refractivity contribution < 1.29 is 27.8 Å². The van der Waals surface area contributed by atoms with Gasteiger partial charge < -0.3 is 18.6 Å². The first-order valence-corrected chi connectivity index (χ1v) is 7.70. The van der Waals surface area contributed by atoms with Crippen molar-refractivity contribution in [2.45, 2.75) is 6.61 Å². The van der Waals surface area contributed by atoms with E-state index in [1.807, 2.05) is 0 Å². The summed E-state index contributed by atoms with van der Waals surface area (Å²) in [4.78, 5) is 23.5. The highest BCUT2D eigenvalue weighted by Crippen LogP contribution is 2.23. The Morgan fingerprint density at radius 2 is 1.96 bits per heavy atom. The highest BCUT2D eigenvalue weighted by Gasteiger charge is 2.10. The highest BCUT2D eigenvalue weighted by molar-refractivity contribution is 5.81. The first-order valence-electron chi connectivity index (χ1n) is 7.70. The fraction of sp³-hybridized carbons (Fsp3) is 0.158. The maximum atomic E-state index is 13.1. The van der Waals surface area contributed by atoms with Crippen LogP contribution in [0.15, 0.2) is 57.7 Å². The van der Waals surface area contributed by atoms with Gasteiger partial charge in [-0.3, -0.25) is 0 Å². The van der Waals surface area contributed by atoms with Crippen LogP contribution in [0.1, 0.15) is 5.56 Å². The summed E-state index contributed by atoms with van der Waals surface area (Å²) in [6.07, 6.45) is 0. The van der Waals surface area contributed by atoms with Crippen LogP contribution in [-0.2, 0) is 16.1 Å². The molecule has 0 amide bonds. The van der Waals surface area contributed by atoms with Crippen molar-refractivity contribution in [3.05, 3.63) is 70.3 Å². The number of fused-ring (bicyclic) bond motifs is 1. The van der Waals surface area contributed by atoms with Crippen molar-refractivity contribution in [1.82, 2.24) is 0 Å². The molecule has 134 valence electrons. The van der Waals surface area contributed by atoms with Crippen LogP contribution in [0, 0.1) is 5.82 Å². The molecule has 0 spiro atoms. The number of hydrogen-bond donors (Lipinski definition) is 0. The van der Waals surface area contributed by atoms with Gasteiger partial charge in [-0.1, -0.05) is 6.07 Å². The first kappa shape index (κ1) is 17.5. The van der Waals surface area contributed by atoms with Crippen LogP contribution in [0.2, 0.25) is 0 Å². The normalized spacial score (nSPS) is 10.5. The highest BCUT2D eigenvalue weighted by atomic mass is 19.1. The van der Waals surface area contributed by atoms with Crippen molar-refractivity contribution >= 4 is 16.9 Å². The smallest absolute Gasteiger partial charge is 0.344 e. The molecule has 0 aliphatic rings. The number of esters is 1. The van der Waals surface area contributed by atoms with Gasteiger partial charge in [-0.05, 0) is 24.3 Å². The van der Waals surface area contributed by atoms with Gasteiger partial charge in [0.1, 0.15) is 29.5 Å².